The Kier molecular flexibility index (Phi) is 7.83. The summed E-state index contributed by atoms with van der Waals surface area (Å²) in [4.78, 5) is 36.0. The summed E-state index contributed by atoms with van der Waals surface area (Å²) in [6, 6.07) is 5.54. The molecule has 0 aliphatic rings. The highest BCUT2D eigenvalue weighted by Gasteiger charge is 2.18. The van der Waals surface area contributed by atoms with Gasteiger partial charge in [-0.2, -0.15) is 0 Å². The summed E-state index contributed by atoms with van der Waals surface area (Å²) in [7, 11) is 0. The van der Waals surface area contributed by atoms with Crippen molar-refractivity contribution in [3.63, 3.8) is 0 Å². The van der Waals surface area contributed by atoms with Gasteiger partial charge in [-0.3, -0.25) is 14.4 Å². The van der Waals surface area contributed by atoms with E-state index in [0.717, 1.165) is 34.1 Å². The van der Waals surface area contributed by atoms with E-state index < -0.39 is 17.1 Å². The van der Waals surface area contributed by atoms with Gasteiger partial charge >= 0.3 is 5.97 Å². The molecule has 1 heterocycles. The molecule has 156 valence electrons. The van der Waals surface area contributed by atoms with Crippen LogP contribution in [0.2, 0.25) is 0 Å². The number of nitrogens with zero attached hydrogens (tertiary/aromatic N) is 1. The number of thioether (sulfide) groups is 1. The third-order valence-electron chi connectivity index (χ3n) is 4.01. The lowest BCUT2D eigenvalue weighted by atomic mass is 10.1. The highest BCUT2D eigenvalue weighted by molar-refractivity contribution is 8.01. The van der Waals surface area contributed by atoms with E-state index in [4.69, 9.17) is 9.26 Å². The number of esters is 1. The van der Waals surface area contributed by atoms with Crippen LogP contribution < -0.4 is 10.6 Å². The van der Waals surface area contributed by atoms with Gasteiger partial charge in [-0.15, -0.1) is 11.8 Å². The van der Waals surface area contributed by atoms with Gasteiger partial charge < -0.3 is 19.9 Å². The zero-order chi connectivity index (χ0) is 21.6. The van der Waals surface area contributed by atoms with Crippen molar-refractivity contribution in [1.82, 2.24) is 5.16 Å². The summed E-state index contributed by atoms with van der Waals surface area (Å²) in [6.07, 6.45) is 0. The Labute approximate surface area is 173 Å². The number of hydrogen-bond donors (Lipinski definition) is 2. The van der Waals surface area contributed by atoms with Crippen LogP contribution in [0.3, 0.4) is 0 Å². The van der Waals surface area contributed by atoms with Gasteiger partial charge in [0.25, 0.3) is 5.91 Å². The molecular formula is C20H25N3O5S. The summed E-state index contributed by atoms with van der Waals surface area (Å²) in [5.74, 6) is -0.439. The molecule has 2 aromatic rings. The van der Waals surface area contributed by atoms with Crippen LogP contribution in [0.25, 0.3) is 0 Å². The number of benzene rings is 1. The lowest BCUT2D eigenvalue weighted by Gasteiger charge is -2.13. The predicted octanol–water partition coefficient (Wildman–Crippen LogP) is 3.15. The molecule has 1 atom stereocenters. The van der Waals surface area contributed by atoms with Crippen LogP contribution in [0.4, 0.5) is 11.5 Å². The monoisotopic (exact) mass is 419 g/mol. The second kappa shape index (κ2) is 10.1. The van der Waals surface area contributed by atoms with E-state index in [9.17, 15) is 14.4 Å². The Morgan fingerprint density at radius 2 is 1.76 bits per heavy atom. The van der Waals surface area contributed by atoms with Crippen molar-refractivity contribution in [1.29, 1.82) is 0 Å². The molecular weight excluding hydrogens is 394 g/mol. The number of amides is 2. The van der Waals surface area contributed by atoms with Crippen molar-refractivity contribution >= 4 is 41.1 Å². The molecule has 29 heavy (non-hydrogen) atoms. The number of aryl methyl sites for hydroxylation is 4. The Balaban J connectivity index is 1.73. The highest BCUT2D eigenvalue weighted by atomic mass is 32.2. The molecule has 9 heteroatoms. The molecule has 0 saturated carbocycles. The first-order valence-corrected chi connectivity index (χ1v) is 10.1. The maximum absolute atomic E-state index is 12.1. The number of carbonyl (C=O) groups is 3. The maximum Gasteiger partial charge on any atom is 0.316 e. The summed E-state index contributed by atoms with van der Waals surface area (Å²) < 4.78 is 9.88. The zero-order valence-electron chi connectivity index (χ0n) is 17.1. The van der Waals surface area contributed by atoms with Crippen molar-refractivity contribution in [2.24, 2.45) is 0 Å². The van der Waals surface area contributed by atoms with Gasteiger partial charge in [-0.05, 0) is 45.7 Å². The molecule has 2 amide bonds. The van der Waals surface area contributed by atoms with Gasteiger partial charge in [0.2, 0.25) is 5.91 Å². The number of carbonyl (C=O) groups excluding carboxylic acids is 3. The average molecular weight is 420 g/mol. The molecule has 8 nitrogen and oxygen atoms in total. The Bertz CT molecular complexity index is 886. The molecule has 1 aromatic heterocycles. The average Bonchev–Trinajstić information content (AvgIpc) is 3.05. The minimum atomic E-state index is -0.570. The summed E-state index contributed by atoms with van der Waals surface area (Å²) in [5, 5.41) is 8.54. The molecule has 0 unspecified atom stereocenters. The smallest absolute Gasteiger partial charge is 0.316 e. The molecule has 0 fully saturated rings. The minimum absolute atomic E-state index is 0.0533. The van der Waals surface area contributed by atoms with E-state index in [-0.39, 0.29) is 18.3 Å². The standard InChI is InChI=1S/C20H25N3O5S/c1-11-6-12(2)19(13(3)7-11)22-17(24)9-27-18(25)10-29-15(5)20(26)21-16-8-14(4)28-23-16/h6-8,15H,9-10H2,1-5H3,(H,22,24)(H,21,23,26)/t15-/m1/s1. The molecule has 0 saturated heterocycles. The second-order valence-electron chi connectivity index (χ2n) is 6.75. The SMILES string of the molecule is Cc1cc(C)c(NC(=O)COC(=O)CS[C@H](C)C(=O)Nc2cc(C)on2)c(C)c1. The number of ether oxygens (including phenoxy) is 1. The molecule has 1 aromatic carbocycles. The van der Waals surface area contributed by atoms with Crippen molar-refractivity contribution in [3.8, 4) is 0 Å². The van der Waals surface area contributed by atoms with Crippen LogP contribution in [-0.4, -0.2) is 40.6 Å². The van der Waals surface area contributed by atoms with Crippen molar-refractivity contribution in [2.45, 2.75) is 39.9 Å². The minimum Gasteiger partial charge on any atom is -0.455 e. The molecule has 0 radical (unpaired) electrons. The molecule has 0 spiro atoms. The highest BCUT2D eigenvalue weighted by Crippen LogP contribution is 2.21. The van der Waals surface area contributed by atoms with E-state index >= 15 is 0 Å². The second-order valence-corrected chi connectivity index (χ2v) is 8.08. The first kappa shape index (κ1) is 22.5. The first-order valence-electron chi connectivity index (χ1n) is 9.05. The molecule has 0 bridgehead atoms. The third-order valence-corrected chi connectivity index (χ3v) is 5.12. The van der Waals surface area contributed by atoms with E-state index in [2.05, 4.69) is 15.8 Å². The fourth-order valence-corrected chi connectivity index (χ4v) is 3.34. The largest absolute Gasteiger partial charge is 0.455 e. The Morgan fingerprint density at radius 1 is 1.10 bits per heavy atom. The molecule has 2 rings (SSSR count). The molecule has 0 aliphatic carbocycles. The van der Waals surface area contributed by atoms with Crippen molar-refractivity contribution in [3.05, 3.63) is 40.6 Å². The maximum atomic E-state index is 12.1. The van der Waals surface area contributed by atoms with E-state index in [0.29, 0.717) is 11.6 Å². The Morgan fingerprint density at radius 3 is 2.34 bits per heavy atom. The lowest BCUT2D eigenvalue weighted by molar-refractivity contribution is -0.144. The van der Waals surface area contributed by atoms with Crippen LogP contribution in [0.5, 0.6) is 0 Å². The third kappa shape index (κ3) is 6.94. The van der Waals surface area contributed by atoms with Crippen LogP contribution >= 0.6 is 11.8 Å². The summed E-state index contributed by atoms with van der Waals surface area (Å²) >= 11 is 1.10. The fourth-order valence-electron chi connectivity index (χ4n) is 2.66. The summed E-state index contributed by atoms with van der Waals surface area (Å²) in [5.41, 5.74) is 3.72. The van der Waals surface area contributed by atoms with Crippen molar-refractivity contribution in [2.75, 3.05) is 23.0 Å². The number of anilines is 2. The van der Waals surface area contributed by atoms with Gasteiger partial charge in [0, 0.05) is 11.8 Å². The normalized spacial score (nSPS) is 11.6. The van der Waals surface area contributed by atoms with Crippen LogP contribution in [0.15, 0.2) is 22.7 Å². The van der Waals surface area contributed by atoms with Crippen LogP contribution in [0.1, 0.15) is 29.4 Å². The zero-order valence-corrected chi connectivity index (χ0v) is 17.9. The van der Waals surface area contributed by atoms with Gasteiger partial charge in [0.05, 0.1) is 11.0 Å². The Hall–Kier alpha value is -2.81. The number of aromatic nitrogens is 1. The lowest BCUT2D eigenvalue weighted by Crippen LogP contribution is -2.25. The van der Waals surface area contributed by atoms with E-state index in [1.54, 1.807) is 19.9 Å². The first-order chi connectivity index (χ1) is 13.7. The quantitative estimate of drug-likeness (QED) is 0.632. The topological polar surface area (TPSA) is 111 Å². The fraction of sp³-hybridized carbons (Fsp3) is 0.400. The number of nitrogens with one attached hydrogen (secondary N) is 2. The predicted molar refractivity (Wildman–Crippen MR) is 112 cm³/mol. The molecule has 2 N–H and O–H groups in total. The van der Waals surface area contributed by atoms with Crippen molar-refractivity contribution < 1.29 is 23.6 Å². The summed E-state index contributed by atoms with van der Waals surface area (Å²) in [6.45, 7) is 8.80. The number of hydrogen-bond acceptors (Lipinski definition) is 7. The molecule has 0 aliphatic heterocycles. The van der Waals surface area contributed by atoms with Crippen LogP contribution in [0, 0.1) is 27.7 Å². The number of rotatable bonds is 8. The van der Waals surface area contributed by atoms with Gasteiger partial charge in [0.15, 0.2) is 12.4 Å². The van der Waals surface area contributed by atoms with E-state index in [1.807, 2.05) is 32.9 Å². The van der Waals surface area contributed by atoms with Gasteiger partial charge in [-0.1, -0.05) is 22.9 Å². The van der Waals surface area contributed by atoms with Gasteiger partial charge in [0.1, 0.15) is 5.76 Å². The van der Waals surface area contributed by atoms with Gasteiger partial charge in [-0.25, -0.2) is 0 Å². The van der Waals surface area contributed by atoms with Crippen LogP contribution in [-0.2, 0) is 19.1 Å². The van der Waals surface area contributed by atoms with E-state index in [1.165, 1.54) is 0 Å².